The van der Waals surface area contributed by atoms with Gasteiger partial charge in [-0.1, -0.05) is 18.2 Å². The summed E-state index contributed by atoms with van der Waals surface area (Å²) in [6.07, 6.45) is 2.55. The number of fused-ring (bicyclic) bond motifs is 1. The van der Waals surface area contributed by atoms with Crippen LogP contribution in [0.15, 0.2) is 30.6 Å². The number of aromatic nitrogens is 1. The van der Waals surface area contributed by atoms with E-state index in [1.165, 1.54) is 12.3 Å². The van der Waals surface area contributed by atoms with Gasteiger partial charge < -0.3 is 4.98 Å². The Labute approximate surface area is 101 Å². The van der Waals surface area contributed by atoms with Crippen LogP contribution in [0.2, 0.25) is 0 Å². The summed E-state index contributed by atoms with van der Waals surface area (Å²) in [5, 5.41) is 8.95. The summed E-state index contributed by atoms with van der Waals surface area (Å²) in [5.41, 5.74) is 1.45. The molecule has 1 aliphatic heterocycles. The van der Waals surface area contributed by atoms with Crippen molar-refractivity contribution in [2.24, 2.45) is 0 Å². The lowest BCUT2D eigenvalue weighted by Crippen LogP contribution is -2.24. The van der Waals surface area contributed by atoms with Gasteiger partial charge in [-0.3, -0.25) is 9.47 Å². The molecule has 0 spiro atoms. The molecule has 0 aromatic carbocycles. The normalized spacial score (nSPS) is 28.6. The van der Waals surface area contributed by atoms with Crippen LogP contribution in [0.5, 0.6) is 0 Å². The van der Waals surface area contributed by atoms with E-state index in [0.717, 1.165) is 0 Å². The lowest BCUT2D eigenvalue weighted by atomic mass is 9.93. The molecule has 0 radical (unpaired) electrons. The van der Waals surface area contributed by atoms with Crippen molar-refractivity contribution in [3.05, 3.63) is 41.7 Å². The van der Waals surface area contributed by atoms with E-state index in [9.17, 15) is 8.78 Å². The van der Waals surface area contributed by atoms with Gasteiger partial charge in [0.1, 0.15) is 18.3 Å². The summed E-state index contributed by atoms with van der Waals surface area (Å²) >= 11 is 0. The molecule has 18 heavy (non-hydrogen) atoms. The highest BCUT2D eigenvalue weighted by atomic mass is 19.3. The lowest BCUT2D eigenvalue weighted by molar-refractivity contribution is -0.347. The molecule has 1 fully saturated rings. The lowest BCUT2D eigenvalue weighted by Gasteiger charge is -2.19. The maximum Gasteiger partial charge on any atom is 0.486 e. The van der Waals surface area contributed by atoms with Crippen molar-refractivity contribution in [1.82, 2.24) is 4.98 Å². The van der Waals surface area contributed by atoms with Crippen molar-refractivity contribution >= 4 is 5.57 Å². The van der Waals surface area contributed by atoms with E-state index in [1.807, 2.05) is 6.07 Å². The molecular weight excluding hydrogens is 242 g/mol. The number of hydrogen-bond acceptors (Lipinski definition) is 3. The fourth-order valence-electron chi connectivity index (χ4n) is 2.15. The Morgan fingerprint density at radius 1 is 1.33 bits per heavy atom. The van der Waals surface area contributed by atoms with Crippen molar-refractivity contribution in [2.75, 3.05) is 0 Å². The van der Waals surface area contributed by atoms with E-state index in [0.29, 0.717) is 16.7 Å². The molecule has 1 aromatic rings. The Morgan fingerprint density at radius 2 is 2.17 bits per heavy atom. The van der Waals surface area contributed by atoms with Crippen molar-refractivity contribution in [3.8, 4) is 6.07 Å². The molecule has 0 bridgehead atoms. The van der Waals surface area contributed by atoms with Crippen LogP contribution >= 0.6 is 0 Å². The Bertz CT molecular complexity index is 583. The third kappa shape index (κ3) is 1.65. The second-order valence-corrected chi connectivity index (χ2v) is 3.99. The largest absolute Gasteiger partial charge is 0.486 e. The van der Waals surface area contributed by atoms with Crippen molar-refractivity contribution in [1.29, 1.82) is 5.26 Å². The van der Waals surface area contributed by atoms with Crippen LogP contribution in [0, 0.1) is 11.3 Å². The summed E-state index contributed by atoms with van der Waals surface area (Å²) in [4.78, 5) is 2.78. The second-order valence-electron chi connectivity index (χ2n) is 3.99. The van der Waals surface area contributed by atoms with Gasteiger partial charge in [-0.25, -0.2) is 0 Å². The van der Waals surface area contributed by atoms with Gasteiger partial charge in [0.2, 0.25) is 0 Å². The maximum atomic E-state index is 13.1. The SMILES string of the molecule is N#Cc1c[nH]cc1C1=CC=CC2OC(F)(F)OC12. The molecule has 0 amide bonds. The molecule has 0 saturated carbocycles. The number of aromatic amines is 1. The highest BCUT2D eigenvalue weighted by Crippen LogP contribution is 2.40. The zero-order valence-electron chi connectivity index (χ0n) is 9.06. The molecule has 4 nitrogen and oxygen atoms in total. The van der Waals surface area contributed by atoms with Crippen molar-refractivity contribution in [3.63, 3.8) is 0 Å². The number of nitrogens with zero attached hydrogens (tertiary/aromatic N) is 1. The average molecular weight is 250 g/mol. The molecule has 1 N–H and O–H groups in total. The predicted octanol–water partition coefficient (Wildman–Crippen LogP) is 2.17. The molecule has 1 aliphatic carbocycles. The first kappa shape index (κ1) is 11.1. The molecule has 1 saturated heterocycles. The zero-order valence-corrected chi connectivity index (χ0v) is 9.06. The van der Waals surface area contributed by atoms with Crippen LogP contribution < -0.4 is 0 Å². The van der Waals surface area contributed by atoms with Gasteiger partial charge in [0.05, 0.1) is 5.56 Å². The van der Waals surface area contributed by atoms with E-state index in [1.54, 1.807) is 18.3 Å². The Kier molecular flexibility index (Phi) is 2.33. The number of nitriles is 1. The smallest absolute Gasteiger partial charge is 0.366 e. The van der Waals surface area contributed by atoms with Crippen LogP contribution in [0.25, 0.3) is 5.57 Å². The number of allylic oxidation sites excluding steroid dienone is 2. The van der Waals surface area contributed by atoms with Gasteiger partial charge in [0.15, 0.2) is 0 Å². The Balaban J connectivity index is 2.01. The number of rotatable bonds is 1. The van der Waals surface area contributed by atoms with Crippen LogP contribution in [0.3, 0.4) is 0 Å². The van der Waals surface area contributed by atoms with E-state index < -0.39 is 18.5 Å². The fourth-order valence-corrected chi connectivity index (χ4v) is 2.15. The molecule has 92 valence electrons. The number of nitrogens with one attached hydrogen (secondary N) is 1. The topological polar surface area (TPSA) is 58.0 Å². The Hall–Kier alpha value is -1.97. The average Bonchev–Trinajstić information content (AvgIpc) is 2.89. The third-order valence-electron chi connectivity index (χ3n) is 2.90. The zero-order chi connectivity index (χ0) is 12.8. The summed E-state index contributed by atoms with van der Waals surface area (Å²) in [5.74, 6) is 0. The minimum atomic E-state index is -3.59. The summed E-state index contributed by atoms with van der Waals surface area (Å²) < 4.78 is 35.2. The highest BCUT2D eigenvalue weighted by Gasteiger charge is 2.50. The molecule has 3 rings (SSSR count). The van der Waals surface area contributed by atoms with Gasteiger partial charge >= 0.3 is 6.29 Å². The highest BCUT2D eigenvalue weighted by molar-refractivity contribution is 5.76. The molecule has 2 aliphatic rings. The number of H-pyrrole nitrogens is 1. The number of alkyl halides is 2. The van der Waals surface area contributed by atoms with Crippen LogP contribution in [-0.2, 0) is 9.47 Å². The van der Waals surface area contributed by atoms with E-state index >= 15 is 0 Å². The first-order valence-corrected chi connectivity index (χ1v) is 5.30. The van der Waals surface area contributed by atoms with Gasteiger partial charge in [-0.2, -0.15) is 5.26 Å². The van der Waals surface area contributed by atoms with Crippen molar-refractivity contribution < 1.29 is 18.3 Å². The minimum Gasteiger partial charge on any atom is -0.366 e. The Morgan fingerprint density at radius 3 is 2.94 bits per heavy atom. The second kappa shape index (κ2) is 3.77. The molecule has 6 heteroatoms. The standard InChI is InChI=1S/C12H8F2N2O2/c13-12(14)17-10-3-1-2-8(11(10)18-12)9-6-16-5-7(9)4-15/h1-3,5-6,10-11,16H. The van der Waals surface area contributed by atoms with Gasteiger partial charge in [0.25, 0.3) is 0 Å². The van der Waals surface area contributed by atoms with Crippen LogP contribution in [0.1, 0.15) is 11.1 Å². The van der Waals surface area contributed by atoms with Gasteiger partial charge in [-0.15, -0.1) is 8.78 Å². The first-order valence-electron chi connectivity index (χ1n) is 5.30. The van der Waals surface area contributed by atoms with E-state index in [4.69, 9.17) is 5.26 Å². The van der Waals surface area contributed by atoms with Crippen molar-refractivity contribution in [2.45, 2.75) is 18.5 Å². The summed E-state index contributed by atoms with van der Waals surface area (Å²) in [6, 6.07) is 1.99. The number of ether oxygens (including phenoxy) is 2. The van der Waals surface area contributed by atoms with Crippen LogP contribution in [0.4, 0.5) is 8.78 Å². The third-order valence-corrected chi connectivity index (χ3v) is 2.90. The number of hydrogen-bond donors (Lipinski definition) is 1. The summed E-state index contributed by atoms with van der Waals surface area (Å²) in [6.45, 7) is 0. The van der Waals surface area contributed by atoms with Gasteiger partial charge in [-0.05, 0) is 5.57 Å². The molecule has 2 atom stereocenters. The molecular formula is C12H8F2N2O2. The monoisotopic (exact) mass is 250 g/mol. The van der Waals surface area contributed by atoms with Gasteiger partial charge in [0, 0.05) is 18.0 Å². The minimum absolute atomic E-state index is 0.383. The first-order chi connectivity index (χ1) is 8.61. The van der Waals surface area contributed by atoms with E-state index in [-0.39, 0.29) is 0 Å². The number of halogens is 2. The fraction of sp³-hybridized carbons (Fsp3) is 0.250. The van der Waals surface area contributed by atoms with Crippen LogP contribution in [-0.4, -0.2) is 23.5 Å². The summed E-state index contributed by atoms with van der Waals surface area (Å²) in [7, 11) is 0. The molecule has 1 aromatic heterocycles. The predicted molar refractivity (Wildman–Crippen MR) is 57.3 cm³/mol. The quantitative estimate of drug-likeness (QED) is 0.831. The maximum absolute atomic E-state index is 13.1. The molecule has 2 unspecified atom stereocenters. The molecule has 2 heterocycles. The van der Waals surface area contributed by atoms with E-state index in [2.05, 4.69) is 14.5 Å².